The number of nitrogens with zero attached hydrogens (tertiary/aromatic N) is 1. The predicted octanol–water partition coefficient (Wildman–Crippen LogP) is 3.58. The molecule has 0 aliphatic carbocycles. The minimum absolute atomic E-state index is 0.481. The minimum Gasteiger partial charge on any atom is -0.497 e. The lowest BCUT2D eigenvalue weighted by Crippen LogP contribution is -2.38. The van der Waals surface area contributed by atoms with Crippen LogP contribution >= 0.6 is 0 Å². The Bertz CT molecular complexity index is 571. The van der Waals surface area contributed by atoms with Crippen LogP contribution in [-0.2, 0) is 9.47 Å². The van der Waals surface area contributed by atoms with E-state index < -0.39 is 0 Å². The maximum Gasteiger partial charge on any atom is 0.191 e. The number of hydrogen-bond donors (Lipinski definition) is 2. The van der Waals surface area contributed by atoms with Crippen LogP contribution in [0.5, 0.6) is 5.75 Å². The minimum atomic E-state index is 0.481. The van der Waals surface area contributed by atoms with Crippen molar-refractivity contribution >= 4 is 5.96 Å². The van der Waals surface area contributed by atoms with Crippen LogP contribution in [0.25, 0.3) is 0 Å². The lowest BCUT2D eigenvalue weighted by molar-refractivity contribution is 0.0205. The highest BCUT2D eigenvalue weighted by atomic mass is 16.5. The number of ether oxygens (including phenoxy) is 3. The van der Waals surface area contributed by atoms with Crippen LogP contribution in [0.4, 0.5) is 0 Å². The summed E-state index contributed by atoms with van der Waals surface area (Å²) in [6, 6.07) is 8.33. The standard InChI is InChI=1S/C23H39N3O3/c1-4-24-23(25-13-5-15-29-18-20-11-16-28-17-12-20)26-14-10-19(2)21-6-8-22(27-3)9-7-21/h6-9,19-20H,4-5,10-18H2,1-3H3,(H2,24,25,26). The van der Waals surface area contributed by atoms with E-state index in [1.54, 1.807) is 7.11 Å². The fourth-order valence-corrected chi connectivity index (χ4v) is 3.37. The third-order valence-electron chi connectivity index (χ3n) is 5.31. The molecule has 1 atom stereocenters. The number of methoxy groups -OCH3 is 1. The van der Waals surface area contributed by atoms with Gasteiger partial charge in [0.25, 0.3) is 0 Å². The largest absolute Gasteiger partial charge is 0.497 e. The predicted molar refractivity (Wildman–Crippen MR) is 119 cm³/mol. The molecule has 1 fully saturated rings. The zero-order valence-electron chi connectivity index (χ0n) is 18.4. The quantitative estimate of drug-likeness (QED) is 0.316. The number of rotatable bonds is 12. The Morgan fingerprint density at radius 2 is 1.97 bits per heavy atom. The van der Waals surface area contributed by atoms with Gasteiger partial charge >= 0.3 is 0 Å². The number of aliphatic imine (C=N–C) groups is 1. The van der Waals surface area contributed by atoms with Crippen LogP contribution in [0.2, 0.25) is 0 Å². The van der Waals surface area contributed by atoms with Crippen LogP contribution in [0.1, 0.15) is 51.0 Å². The Morgan fingerprint density at radius 3 is 2.66 bits per heavy atom. The summed E-state index contributed by atoms with van der Waals surface area (Å²) < 4.78 is 16.4. The zero-order chi connectivity index (χ0) is 20.7. The molecule has 1 heterocycles. The molecule has 0 amide bonds. The van der Waals surface area contributed by atoms with Gasteiger partial charge in [-0.3, -0.25) is 4.99 Å². The molecule has 1 unspecified atom stereocenters. The van der Waals surface area contributed by atoms with Gasteiger partial charge in [-0.1, -0.05) is 19.1 Å². The third kappa shape index (κ3) is 9.50. The Balaban J connectivity index is 1.61. The summed E-state index contributed by atoms with van der Waals surface area (Å²) in [6.07, 6.45) is 4.25. The summed E-state index contributed by atoms with van der Waals surface area (Å²) in [7, 11) is 1.70. The van der Waals surface area contributed by atoms with Gasteiger partial charge in [0.1, 0.15) is 5.75 Å². The van der Waals surface area contributed by atoms with Gasteiger partial charge in [0.2, 0.25) is 0 Å². The van der Waals surface area contributed by atoms with E-state index in [1.165, 1.54) is 5.56 Å². The van der Waals surface area contributed by atoms with Crippen LogP contribution < -0.4 is 15.4 Å². The van der Waals surface area contributed by atoms with Crippen molar-refractivity contribution in [3.8, 4) is 5.75 Å². The molecule has 6 nitrogen and oxygen atoms in total. The van der Waals surface area contributed by atoms with Crippen LogP contribution in [0, 0.1) is 5.92 Å². The Kier molecular flexibility index (Phi) is 11.5. The van der Waals surface area contributed by atoms with E-state index in [2.05, 4.69) is 41.6 Å². The average molecular weight is 406 g/mol. The van der Waals surface area contributed by atoms with E-state index in [1.807, 2.05) is 12.1 Å². The van der Waals surface area contributed by atoms with Gasteiger partial charge in [-0.2, -0.15) is 0 Å². The molecule has 2 N–H and O–H groups in total. The topological polar surface area (TPSA) is 64.1 Å². The van der Waals surface area contributed by atoms with Gasteiger partial charge in [0, 0.05) is 46.1 Å². The first-order valence-electron chi connectivity index (χ1n) is 11.0. The first-order chi connectivity index (χ1) is 14.2. The first-order valence-corrected chi connectivity index (χ1v) is 11.0. The molecule has 29 heavy (non-hydrogen) atoms. The van der Waals surface area contributed by atoms with Crippen molar-refractivity contribution in [3.05, 3.63) is 29.8 Å². The highest BCUT2D eigenvalue weighted by molar-refractivity contribution is 5.79. The van der Waals surface area contributed by atoms with Crippen molar-refractivity contribution in [3.63, 3.8) is 0 Å². The molecule has 1 saturated heterocycles. The molecule has 1 aliphatic rings. The summed E-state index contributed by atoms with van der Waals surface area (Å²) in [4.78, 5) is 4.67. The van der Waals surface area contributed by atoms with Crippen molar-refractivity contribution in [2.45, 2.75) is 45.4 Å². The van der Waals surface area contributed by atoms with Crippen molar-refractivity contribution < 1.29 is 14.2 Å². The molecule has 1 aromatic carbocycles. The molecule has 6 heteroatoms. The van der Waals surface area contributed by atoms with Crippen LogP contribution in [0.3, 0.4) is 0 Å². The second kappa shape index (κ2) is 14.2. The summed E-state index contributed by atoms with van der Waals surface area (Å²) >= 11 is 0. The van der Waals surface area contributed by atoms with Gasteiger partial charge in [-0.25, -0.2) is 0 Å². The highest BCUT2D eigenvalue weighted by Crippen LogP contribution is 2.21. The molecular weight excluding hydrogens is 366 g/mol. The van der Waals surface area contributed by atoms with Crippen molar-refractivity contribution in [1.29, 1.82) is 0 Å². The molecule has 0 bridgehead atoms. The molecule has 0 saturated carbocycles. The summed E-state index contributed by atoms with van der Waals surface area (Å²) in [5.74, 6) is 2.94. The summed E-state index contributed by atoms with van der Waals surface area (Å²) in [5.41, 5.74) is 1.33. The number of guanidine groups is 1. The molecule has 1 aliphatic heterocycles. The van der Waals surface area contributed by atoms with Gasteiger partial charge in [0.05, 0.1) is 7.11 Å². The number of hydrogen-bond acceptors (Lipinski definition) is 4. The lowest BCUT2D eigenvalue weighted by Gasteiger charge is -2.21. The average Bonchev–Trinajstić information content (AvgIpc) is 2.76. The fraction of sp³-hybridized carbons (Fsp3) is 0.696. The molecule has 2 rings (SSSR count). The molecule has 164 valence electrons. The van der Waals surface area contributed by atoms with Gasteiger partial charge in [-0.15, -0.1) is 0 Å². The maximum absolute atomic E-state index is 5.82. The lowest BCUT2D eigenvalue weighted by atomic mass is 9.98. The van der Waals surface area contributed by atoms with E-state index >= 15 is 0 Å². The SMILES string of the molecule is CCNC(=NCCCOCC1CCOCC1)NCCC(C)c1ccc(OC)cc1. The summed E-state index contributed by atoms with van der Waals surface area (Å²) in [5, 5.41) is 6.77. The van der Waals surface area contributed by atoms with Crippen LogP contribution in [0.15, 0.2) is 29.3 Å². The van der Waals surface area contributed by atoms with Crippen molar-refractivity contribution in [2.75, 3.05) is 53.2 Å². The van der Waals surface area contributed by atoms with E-state index in [4.69, 9.17) is 14.2 Å². The Hall–Kier alpha value is -1.79. The molecule has 0 radical (unpaired) electrons. The second-order valence-electron chi connectivity index (χ2n) is 7.63. The zero-order valence-corrected chi connectivity index (χ0v) is 18.4. The molecule has 1 aromatic rings. The second-order valence-corrected chi connectivity index (χ2v) is 7.63. The summed E-state index contributed by atoms with van der Waals surface area (Å²) in [6.45, 7) is 10.3. The monoisotopic (exact) mass is 405 g/mol. The van der Waals surface area contributed by atoms with Gasteiger partial charge < -0.3 is 24.8 Å². The van der Waals surface area contributed by atoms with Gasteiger partial charge in [-0.05, 0) is 62.1 Å². The van der Waals surface area contributed by atoms with Crippen molar-refractivity contribution in [2.24, 2.45) is 10.9 Å². The Morgan fingerprint density at radius 1 is 1.21 bits per heavy atom. The fourth-order valence-electron chi connectivity index (χ4n) is 3.37. The first kappa shape index (κ1) is 23.5. The molecular formula is C23H39N3O3. The van der Waals surface area contributed by atoms with E-state index in [-0.39, 0.29) is 0 Å². The highest BCUT2D eigenvalue weighted by Gasteiger charge is 2.13. The molecule has 0 aromatic heterocycles. The van der Waals surface area contributed by atoms with E-state index in [9.17, 15) is 0 Å². The smallest absolute Gasteiger partial charge is 0.191 e. The van der Waals surface area contributed by atoms with Crippen molar-refractivity contribution in [1.82, 2.24) is 10.6 Å². The van der Waals surface area contributed by atoms with E-state index in [0.717, 1.165) is 83.5 Å². The van der Waals surface area contributed by atoms with E-state index in [0.29, 0.717) is 11.8 Å². The normalized spacial score (nSPS) is 16.4. The number of nitrogens with one attached hydrogen (secondary N) is 2. The third-order valence-corrected chi connectivity index (χ3v) is 5.31. The van der Waals surface area contributed by atoms with Crippen LogP contribution in [-0.4, -0.2) is 59.1 Å². The Labute approximate surface area is 176 Å². The maximum atomic E-state index is 5.82. The number of benzene rings is 1. The molecule has 0 spiro atoms. The van der Waals surface area contributed by atoms with Gasteiger partial charge in [0.15, 0.2) is 5.96 Å².